The standard InChI is InChI=1S/C13H26N2O/c1-9-6-12(14)4-5-15(9)13-7-10(2)16-11(3)8-13/h9-13H,4-8,14H2,1-3H3. The third-order valence-electron chi connectivity index (χ3n) is 4.11. The van der Waals surface area contributed by atoms with Crippen molar-refractivity contribution < 1.29 is 4.74 Å². The summed E-state index contributed by atoms with van der Waals surface area (Å²) in [5.41, 5.74) is 6.02. The van der Waals surface area contributed by atoms with E-state index in [2.05, 4.69) is 25.7 Å². The maximum absolute atomic E-state index is 6.02. The van der Waals surface area contributed by atoms with E-state index in [1.54, 1.807) is 0 Å². The average Bonchev–Trinajstić information content (AvgIpc) is 2.15. The first-order chi connectivity index (χ1) is 7.56. The molecule has 0 aromatic heterocycles. The van der Waals surface area contributed by atoms with Crippen LogP contribution in [0.25, 0.3) is 0 Å². The first kappa shape index (κ1) is 12.3. The highest BCUT2D eigenvalue weighted by Gasteiger charge is 2.33. The first-order valence-electron chi connectivity index (χ1n) is 6.73. The fraction of sp³-hybridized carbons (Fsp3) is 1.00. The molecule has 0 saturated carbocycles. The molecule has 0 bridgehead atoms. The van der Waals surface area contributed by atoms with E-state index >= 15 is 0 Å². The lowest BCUT2D eigenvalue weighted by molar-refractivity contribution is -0.0760. The number of likely N-dealkylation sites (tertiary alicyclic amines) is 1. The second-order valence-electron chi connectivity index (χ2n) is 5.75. The van der Waals surface area contributed by atoms with Crippen molar-refractivity contribution in [3.63, 3.8) is 0 Å². The van der Waals surface area contributed by atoms with E-state index in [1.165, 1.54) is 19.4 Å². The summed E-state index contributed by atoms with van der Waals surface area (Å²) in [5.74, 6) is 0. The fourth-order valence-corrected chi connectivity index (χ4v) is 3.41. The normalized spacial score (nSPS) is 46.9. The second-order valence-corrected chi connectivity index (χ2v) is 5.75. The molecule has 2 aliphatic rings. The minimum absolute atomic E-state index is 0.413. The van der Waals surface area contributed by atoms with Gasteiger partial charge in [-0.25, -0.2) is 0 Å². The van der Waals surface area contributed by atoms with Crippen LogP contribution < -0.4 is 5.73 Å². The Morgan fingerprint density at radius 2 is 1.69 bits per heavy atom. The smallest absolute Gasteiger partial charge is 0.0565 e. The lowest BCUT2D eigenvalue weighted by Gasteiger charge is -2.45. The van der Waals surface area contributed by atoms with Gasteiger partial charge in [0.1, 0.15) is 0 Å². The van der Waals surface area contributed by atoms with Crippen molar-refractivity contribution >= 4 is 0 Å². The van der Waals surface area contributed by atoms with Crippen molar-refractivity contribution in [2.75, 3.05) is 6.54 Å². The predicted octanol–water partition coefficient (Wildman–Crippen LogP) is 1.75. The lowest BCUT2D eigenvalue weighted by atomic mass is 9.91. The maximum Gasteiger partial charge on any atom is 0.0565 e. The number of hydrogen-bond donors (Lipinski definition) is 1. The number of piperidine rings is 1. The third-order valence-corrected chi connectivity index (χ3v) is 4.11. The summed E-state index contributed by atoms with van der Waals surface area (Å²) < 4.78 is 5.81. The lowest BCUT2D eigenvalue weighted by Crippen LogP contribution is -2.53. The Morgan fingerprint density at radius 3 is 2.25 bits per heavy atom. The molecule has 2 fully saturated rings. The SMILES string of the molecule is CC1CC(N2CCC(N)CC2C)CC(C)O1. The van der Waals surface area contributed by atoms with Crippen LogP contribution in [-0.4, -0.2) is 41.8 Å². The molecule has 16 heavy (non-hydrogen) atoms. The number of nitrogens with two attached hydrogens (primary N) is 1. The topological polar surface area (TPSA) is 38.5 Å². The molecule has 4 atom stereocenters. The molecule has 3 nitrogen and oxygen atoms in total. The summed E-state index contributed by atoms with van der Waals surface area (Å²) >= 11 is 0. The molecule has 2 N–H and O–H groups in total. The van der Waals surface area contributed by atoms with Crippen LogP contribution in [0.1, 0.15) is 46.5 Å². The molecule has 94 valence electrons. The molecule has 2 saturated heterocycles. The van der Waals surface area contributed by atoms with Crippen LogP contribution >= 0.6 is 0 Å². The highest BCUT2D eigenvalue weighted by Crippen LogP contribution is 2.28. The van der Waals surface area contributed by atoms with Gasteiger partial charge in [0.15, 0.2) is 0 Å². The van der Waals surface area contributed by atoms with Gasteiger partial charge in [-0.2, -0.15) is 0 Å². The van der Waals surface area contributed by atoms with E-state index in [4.69, 9.17) is 10.5 Å². The number of rotatable bonds is 1. The largest absolute Gasteiger partial charge is 0.375 e. The Kier molecular flexibility index (Phi) is 3.88. The Balaban J connectivity index is 1.95. The summed E-state index contributed by atoms with van der Waals surface area (Å²) in [6.45, 7) is 7.89. The number of nitrogens with zero attached hydrogens (tertiary/aromatic N) is 1. The monoisotopic (exact) mass is 226 g/mol. The molecule has 0 aliphatic carbocycles. The van der Waals surface area contributed by atoms with Crippen LogP contribution in [0.15, 0.2) is 0 Å². The van der Waals surface area contributed by atoms with Crippen molar-refractivity contribution in [2.24, 2.45) is 5.73 Å². The molecule has 3 heteroatoms. The van der Waals surface area contributed by atoms with Gasteiger partial charge in [0, 0.05) is 24.7 Å². The van der Waals surface area contributed by atoms with E-state index < -0.39 is 0 Å². The Bertz CT molecular complexity index is 224. The zero-order chi connectivity index (χ0) is 11.7. The molecule has 2 rings (SSSR count). The van der Waals surface area contributed by atoms with Gasteiger partial charge >= 0.3 is 0 Å². The van der Waals surface area contributed by atoms with Crippen LogP contribution in [0.3, 0.4) is 0 Å². The third kappa shape index (κ3) is 2.76. The zero-order valence-corrected chi connectivity index (χ0v) is 10.9. The summed E-state index contributed by atoms with van der Waals surface area (Å²) in [7, 11) is 0. The number of hydrogen-bond acceptors (Lipinski definition) is 3. The van der Waals surface area contributed by atoms with Crippen molar-refractivity contribution in [3.8, 4) is 0 Å². The average molecular weight is 226 g/mol. The molecular weight excluding hydrogens is 200 g/mol. The highest BCUT2D eigenvalue weighted by molar-refractivity contribution is 4.88. The van der Waals surface area contributed by atoms with Crippen LogP contribution in [0.4, 0.5) is 0 Å². The van der Waals surface area contributed by atoms with Gasteiger partial charge in [0.2, 0.25) is 0 Å². The van der Waals surface area contributed by atoms with Crippen molar-refractivity contribution in [1.82, 2.24) is 4.90 Å². The number of ether oxygens (including phenoxy) is 1. The Morgan fingerprint density at radius 1 is 1.06 bits per heavy atom. The molecule has 2 heterocycles. The van der Waals surface area contributed by atoms with Gasteiger partial charge in [-0.3, -0.25) is 4.90 Å². The molecule has 0 radical (unpaired) electrons. The van der Waals surface area contributed by atoms with E-state index in [1.807, 2.05) is 0 Å². The van der Waals surface area contributed by atoms with E-state index in [0.717, 1.165) is 12.8 Å². The molecule has 0 amide bonds. The van der Waals surface area contributed by atoms with Crippen molar-refractivity contribution in [1.29, 1.82) is 0 Å². The van der Waals surface area contributed by atoms with Crippen LogP contribution in [0.5, 0.6) is 0 Å². The molecular formula is C13H26N2O. The fourth-order valence-electron chi connectivity index (χ4n) is 3.41. The second kappa shape index (κ2) is 5.03. The van der Waals surface area contributed by atoms with Gasteiger partial charge in [-0.1, -0.05) is 0 Å². The molecule has 0 aromatic rings. The minimum atomic E-state index is 0.413. The van der Waals surface area contributed by atoms with Crippen LogP contribution in [0.2, 0.25) is 0 Å². The molecule has 4 unspecified atom stereocenters. The zero-order valence-electron chi connectivity index (χ0n) is 10.9. The van der Waals surface area contributed by atoms with E-state index in [9.17, 15) is 0 Å². The Hall–Kier alpha value is -0.120. The highest BCUT2D eigenvalue weighted by atomic mass is 16.5. The molecule has 0 aromatic carbocycles. The maximum atomic E-state index is 6.02. The van der Waals surface area contributed by atoms with E-state index in [-0.39, 0.29) is 0 Å². The summed E-state index contributed by atoms with van der Waals surface area (Å²) in [6, 6.07) is 1.77. The van der Waals surface area contributed by atoms with Crippen molar-refractivity contribution in [3.05, 3.63) is 0 Å². The first-order valence-corrected chi connectivity index (χ1v) is 6.73. The summed E-state index contributed by atoms with van der Waals surface area (Å²) in [6.07, 6.45) is 5.51. The van der Waals surface area contributed by atoms with Gasteiger partial charge in [-0.15, -0.1) is 0 Å². The van der Waals surface area contributed by atoms with Crippen molar-refractivity contribution in [2.45, 2.75) is 76.8 Å². The van der Waals surface area contributed by atoms with Gasteiger partial charge < -0.3 is 10.5 Å². The molecule has 0 spiro atoms. The van der Waals surface area contributed by atoms with Gasteiger partial charge in [0.25, 0.3) is 0 Å². The van der Waals surface area contributed by atoms with Gasteiger partial charge in [0.05, 0.1) is 12.2 Å². The Labute approximate surface area is 99.3 Å². The quantitative estimate of drug-likeness (QED) is 0.740. The summed E-state index contributed by atoms with van der Waals surface area (Å²) in [5, 5.41) is 0. The molecule has 2 aliphatic heterocycles. The van der Waals surface area contributed by atoms with Crippen LogP contribution in [-0.2, 0) is 4.74 Å². The summed E-state index contributed by atoms with van der Waals surface area (Å²) in [4.78, 5) is 2.67. The predicted molar refractivity (Wildman–Crippen MR) is 66.4 cm³/mol. The minimum Gasteiger partial charge on any atom is -0.375 e. The van der Waals surface area contributed by atoms with Gasteiger partial charge in [-0.05, 0) is 46.5 Å². The van der Waals surface area contributed by atoms with Crippen LogP contribution in [0, 0.1) is 0 Å². The van der Waals surface area contributed by atoms with E-state index in [0.29, 0.717) is 30.3 Å².